The van der Waals surface area contributed by atoms with Gasteiger partial charge in [-0.1, -0.05) is 36.4 Å². The van der Waals surface area contributed by atoms with Crippen LogP contribution in [0.15, 0.2) is 60.7 Å². The highest BCUT2D eigenvalue weighted by atomic mass is 16.3. The lowest BCUT2D eigenvalue weighted by atomic mass is 9.87. The molecule has 3 aromatic rings. The molecule has 0 spiro atoms. The van der Waals surface area contributed by atoms with Gasteiger partial charge in [-0.25, -0.2) is 11.7 Å². The number of hydrazine groups is 2. The topological polar surface area (TPSA) is 151 Å². The fraction of sp³-hybridized carbons (Fsp3) is 0.0909. The van der Waals surface area contributed by atoms with Gasteiger partial charge in [-0.15, -0.1) is 0 Å². The molecule has 0 unspecified atom stereocenters. The summed E-state index contributed by atoms with van der Waals surface area (Å²) in [6, 6.07) is 16.4. The number of hydrogen-bond acceptors (Lipinski definition) is 6. The van der Waals surface area contributed by atoms with Crippen molar-refractivity contribution < 1.29 is 19.8 Å². The van der Waals surface area contributed by atoms with E-state index in [1.54, 1.807) is 36.4 Å². The maximum Gasteiger partial charge on any atom is 0.265 e. The fourth-order valence-electron chi connectivity index (χ4n) is 3.38. The van der Waals surface area contributed by atoms with Crippen LogP contribution in [0.3, 0.4) is 0 Å². The first kappa shape index (κ1) is 20.8. The maximum absolute atomic E-state index is 12.5. The molecule has 30 heavy (non-hydrogen) atoms. The molecule has 8 N–H and O–H groups in total. The van der Waals surface area contributed by atoms with Gasteiger partial charge in [0.15, 0.2) is 0 Å². The summed E-state index contributed by atoms with van der Waals surface area (Å²) >= 11 is 0. The molecule has 0 aliphatic heterocycles. The van der Waals surface area contributed by atoms with E-state index in [-0.39, 0.29) is 35.5 Å². The minimum Gasteiger partial charge on any atom is -0.508 e. The monoisotopic (exact) mass is 406 g/mol. The zero-order valence-electron chi connectivity index (χ0n) is 16.1. The third-order valence-electron chi connectivity index (χ3n) is 4.90. The average Bonchev–Trinajstić information content (AvgIpc) is 2.76. The molecule has 0 aromatic heterocycles. The molecule has 0 aliphatic rings. The number of nitrogens with one attached hydrogen (secondary N) is 2. The van der Waals surface area contributed by atoms with Gasteiger partial charge in [0.2, 0.25) is 0 Å². The number of amides is 2. The van der Waals surface area contributed by atoms with Crippen LogP contribution in [0, 0.1) is 0 Å². The highest BCUT2D eigenvalue weighted by Gasteiger charge is 2.22. The normalized spacial score (nSPS) is 10.5. The Bertz CT molecular complexity index is 1010. The van der Waals surface area contributed by atoms with Gasteiger partial charge in [-0.05, 0) is 46.5 Å². The lowest BCUT2D eigenvalue weighted by Gasteiger charge is -2.19. The molecule has 0 heterocycles. The first-order valence-electron chi connectivity index (χ1n) is 9.16. The smallest absolute Gasteiger partial charge is 0.265 e. The van der Waals surface area contributed by atoms with E-state index in [4.69, 9.17) is 11.7 Å². The second-order valence-electron chi connectivity index (χ2n) is 6.68. The second-order valence-corrected chi connectivity index (χ2v) is 6.68. The van der Waals surface area contributed by atoms with Gasteiger partial charge >= 0.3 is 0 Å². The predicted molar refractivity (Wildman–Crippen MR) is 112 cm³/mol. The summed E-state index contributed by atoms with van der Waals surface area (Å²) in [4.78, 5) is 24.9. The molecule has 0 radical (unpaired) electrons. The Balaban J connectivity index is 2.25. The quantitative estimate of drug-likeness (QED) is 0.207. The van der Waals surface area contributed by atoms with Gasteiger partial charge in [0.05, 0.1) is 0 Å². The van der Waals surface area contributed by atoms with Crippen molar-refractivity contribution in [3.63, 3.8) is 0 Å². The summed E-state index contributed by atoms with van der Waals surface area (Å²) in [5, 5.41) is 20.5. The number of nitrogen functional groups attached to an aromatic ring is 2. The molecule has 0 atom stereocenters. The SMILES string of the molecule is NNC(=O)c1ccc(C(=O)NN)c(Cc2ccccc2O)c1Cc1ccccc1O. The Morgan fingerprint density at radius 2 is 1.03 bits per heavy atom. The molecule has 3 aromatic carbocycles. The summed E-state index contributed by atoms with van der Waals surface area (Å²) in [5.74, 6) is 9.74. The molecule has 0 aliphatic carbocycles. The Hall–Kier alpha value is -3.88. The molecule has 154 valence electrons. The maximum atomic E-state index is 12.5. The van der Waals surface area contributed by atoms with E-state index in [2.05, 4.69) is 10.9 Å². The van der Waals surface area contributed by atoms with Crippen LogP contribution in [0.25, 0.3) is 0 Å². The summed E-state index contributed by atoms with van der Waals surface area (Å²) in [6.45, 7) is 0. The van der Waals surface area contributed by atoms with Crippen LogP contribution in [0.2, 0.25) is 0 Å². The van der Waals surface area contributed by atoms with Crippen LogP contribution in [0.4, 0.5) is 0 Å². The highest BCUT2D eigenvalue weighted by Crippen LogP contribution is 2.30. The Labute approximate surface area is 173 Å². The molecule has 0 bridgehead atoms. The van der Waals surface area contributed by atoms with E-state index < -0.39 is 11.8 Å². The van der Waals surface area contributed by atoms with Gasteiger partial charge in [-0.3, -0.25) is 20.4 Å². The van der Waals surface area contributed by atoms with Crippen LogP contribution < -0.4 is 22.5 Å². The lowest BCUT2D eigenvalue weighted by Crippen LogP contribution is -2.33. The summed E-state index contributed by atoms with van der Waals surface area (Å²) in [5.41, 5.74) is 6.83. The van der Waals surface area contributed by atoms with Gasteiger partial charge in [-0.2, -0.15) is 0 Å². The van der Waals surface area contributed by atoms with Gasteiger partial charge in [0, 0.05) is 24.0 Å². The van der Waals surface area contributed by atoms with E-state index in [0.29, 0.717) is 22.3 Å². The first-order valence-corrected chi connectivity index (χ1v) is 9.16. The molecule has 2 amide bonds. The molecule has 0 saturated carbocycles. The number of para-hydroxylation sites is 2. The Kier molecular flexibility index (Phi) is 6.31. The van der Waals surface area contributed by atoms with Crippen molar-refractivity contribution in [3.8, 4) is 11.5 Å². The van der Waals surface area contributed by atoms with Crippen molar-refractivity contribution in [2.24, 2.45) is 11.7 Å². The van der Waals surface area contributed by atoms with E-state index in [0.717, 1.165) is 0 Å². The van der Waals surface area contributed by atoms with Crippen molar-refractivity contribution in [1.82, 2.24) is 10.9 Å². The van der Waals surface area contributed by atoms with Gasteiger partial charge in [0.25, 0.3) is 11.8 Å². The molecule has 8 nitrogen and oxygen atoms in total. The minimum atomic E-state index is -0.543. The molecule has 8 heteroatoms. The van der Waals surface area contributed by atoms with E-state index >= 15 is 0 Å². The predicted octanol–water partition coefficient (Wildman–Crippen LogP) is 1.49. The van der Waals surface area contributed by atoms with E-state index in [1.165, 1.54) is 24.3 Å². The molecule has 3 rings (SSSR count). The van der Waals surface area contributed by atoms with E-state index in [1.807, 2.05) is 0 Å². The third kappa shape index (κ3) is 4.24. The van der Waals surface area contributed by atoms with Gasteiger partial charge < -0.3 is 10.2 Å². The number of carbonyl (C=O) groups is 2. The first-order chi connectivity index (χ1) is 14.5. The number of hydrogen-bond donors (Lipinski definition) is 6. The molecule has 0 fully saturated rings. The number of phenols is 2. The minimum absolute atomic E-state index is 0.0544. The standard InChI is InChI=1S/C22H22N4O4/c23-25-21(29)15-9-10-16(22(30)26-24)18(12-14-6-2-4-8-20(14)28)17(15)11-13-5-1-3-7-19(13)27/h1-10,27-28H,11-12,23-24H2,(H,25,29)(H,26,30). The van der Waals surface area contributed by atoms with Crippen molar-refractivity contribution in [1.29, 1.82) is 0 Å². The number of nitrogens with two attached hydrogens (primary N) is 2. The van der Waals surface area contributed by atoms with Crippen LogP contribution in [0.1, 0.15) is 43.0 Å². The van der Waals surface area contributed by atoms with Crippen molar-refractivity contribution in [2.45, 2.75) is 12.8 Å². The Morgan fingerprint density at radius 1 is 0.667 bits per heavy atom. The number of rotatable bonds is 6. The summed E-state index contributed by atoms with van der Waals surface area (Å²) in [7, 11) is 0. The second kappa shape index (κ2) is 9.08. The van der Waals surface area contributed by atoms with Crippen LogP contribution in [-0.4, -0.2) is 22.0 Å². The molecule has 0 saturated heterocycles. The zero-order valence-corrected chi connectivity index (χ0v) is 16.1. The molecular weight excluding hydrogens is 384 g/mol. The Morgan fingerprint density at radius 3 is 1.37 bits per heavy atom. The zero-order chi connectivity index (χ0) is 21.7. The largest absolute Gasteiger partial charge is 0.508 e. The lowest BCUT2D eigenvalue weighted by molar-refractivity contribution is 0.0940. The average molecular weight is 406 g/mol. The molecular formula is C22H22N4O4. The van der Waals surface area contributed by atoms with Crippen LogP contribution >= 0.6 is 0 Å². The third-order valence-corrected chi connectivity index (χ3v) is 4.90. The van der Waals surface area contributed by atoms with Crippen molar-refractivity contribution >= 4 is 11.8 Å². The van der Waals surface area contributed by atoms with Gasteiger partial charge in [0.1, 0.15) is 11.5 Å². The van der Waals surface area contributed by atoms with E-state index in [9.17, 15) is 19.8 Å². The van der Waals surface area contributed by atoms with Crippen molar-refractivity contribution in [2.75, 3.05) is 0 Å². The number of carbonyl (C=O) groups excluding carboxylic acids is 2. The highest BCUT2D eigenvalue weighted by molar-refractivity contribution is 6.00. The van der Waals surface area contributed by atoms with Crippen molar-refractivity contribution in [3.05, 3.63) is 94.0 Å². The van der Waals surface area contributed by atoms with Crippen LogP contribution in [-0.2, 0) is 12.8 Å². The number of benzene rings is 3. The summed E-state index contributed by atoms with van der Waals surface area (Å²) < 4.78 is 0. The number of phenolic OH excluding ortho intramolecular Hbond substituents is 2. The van der Waals surface area contributed by atoms with Crippen LogP contribution in [0.5, 0.6) is 11.5 Å². The number of aromatic hydroxyl groups is 2. The fourth-order valence-corrected chi connectivity index (χ4v) is 3.38. The summed E-state index contributed by atoms with van der Waals surface area (Å²) in [6.07, 6.45) is 0.314.